The highest BCUT2D eigenvalue weighted by molar-refractivity contribution is 6.18. The van der Waals surface area contributed by atoms with Gasteiger partial charge in [0.1, 0.15) is 0 Å². The van der Waals surface area contributed by atoms with Gasteiger partial charge in [-0.05, 0) is 137 Å². The minimum atomic E-state index is -0.813. The van der Waals surface area contributed by atoms with Crippen molar-refractivity contribution in [2.45, 2.75) is 24.7 Å². The standard InChI is InChI=1S/C64H40O2/c1-37-33-49-50(34-38(37)2)58-48-32-30-42(62(66)40-19-7-4-8-20-40)36-56(48)64(53-27-15-11-23-45(53)46-24-12-16-28-54(46)64)60(58)59-57(49)47-31-29-41(61(65)39-17-5-3-6-18-39)35-55(47)63(59)51-25-13-9-21-43(51)44-22-10-14-26-52(44)63/h3-36H,1-2H3. The second kappa shape index (κ2) is 13.2. The molecule has 0 bridgehead atoms. The Labute approximate surface area is 383 Å². The van der Waals surface area contributed by atoms with Crippen molar-refractivity contribution in [3.8, 4) is 44.5 Å². The maximum Gasteiger partial charge on any atom is 0.193 e. The van der Waals surface area contributed by atoms with Crippen LogP contribution in [0.15, 0.2) is 206 Å². The Morgan fingerprint density at radius 2 is 0.621 bits per heavy atom. The predicted molar refractivity (Wildman–Crippen MR) is 266 cm³/mol. The Balaban J connectivity index is 1.22. The summed E-state index contributed by atoms with van der Waals surface area (Å²) >= 11 is 0. The lowest BCUT2D eigenvalue weighted by molar-refractivity contribution is 0.103. The van der Waals surface area contributed by atoms with Gasteiger partial charge in [-0.25, -0.2) is 0 Å². The summed E-state index contributed by atoms with van der Waals surface area (Å²) in [6, 6.07) is 73.0. The molecule has 4 aliphatic carbocycles. The SMILES string of the molecule is Cc1cc2c3c(c4c(c2cc1C)-c1ccc(C(=O)c2ccccc2)cc1C41c2ccccc2-c2ccccc21)C1(c2ccccc2-c2ccccc21)c1cc(C(=O)c2ccccc2)ccc1-3. The van der Waals surface area contributed by atoms with Gasteiger partial charge in [0, 0.05) is 22.3 Å². The fraction of sp³-hybridized carbons (Fsp3) is 0.0625. The fourth-order valence-corrected chi connectivity index (χ4v) is 12.9. The molecule has 0 amide bonds. The molecule has 0 atom stereocenters. The molecule has 2 nitrogen and oxygen atoms in total. The highest BCUT2D eigenvalue weighted by atomic mass is 16.1. The highest BCUT2D eigenvalue weighted by Gasteiger charge is 2.61. The van der Waals surface area contributed by atoms with Crippen molar-refractivity contribution >= 4 is 22.3 Å². The Hall–Kier alpha value is -8.20. The molecule has 66 heavy (non-hydrogen) atoms. The molecule has 2 spiro atoms. The molecule has 0 N–H and O–H groups in total. The van der Waals surface area contributed by atoms with E-state index in [1.165, 1.54) is 88.7 Å². The maximum atomic E-state index is 14.7. The van der Waals surface area contributed by atoms with Gasteiger partial charge in [-0.2, -0.15) is 0 Å². The third-order valence-corrected chi connectivity index (χ3v) is 15.6. The van der Waals surface area contributed by atoms with Crippen LogP contribution in [0.1, 0.15) is 87.5 Å². The largest absolute Gasteiger partial charge is 0.289 e. The van der Waals surface area contributed by atoms with E-state index in [9.17, 15) is 9.59 Å². The summed E-state index contributed by atoms with van der Waals surface area (Å²) in [5.74, 6) is 0.00697. The molecule has 2 heteroatoms. The van der Waals surface area contributed by atoms with Crippen LogP contribution in [0.2, 0.25) is 0 Å². The van der Waals surface area contributed by atoms with Gasteiger partial charge in [-0.1, -0.05) is 194 Å². The van der Waals surface area contributed by atoms with Crippen LogP contribution in [0.4, 0.5) is 0 Å². The van der Waals surface area contributed by atoms with E-state index in [0.717, 1.165) is 22.3 Å². The Morgan fingerprint density at radius 3 is 0.970 bits per heavy atom. The molecule has 14 rings (SSSR count). The summed E-state index contributed by atoms with van der Waals surface area (Å²) in [4.78, 5) is 29.4. The topological polar surface area (TPSA) is 34.1 Å². The summed E-state index contributed by atoms with van der Waals surface area (Å²) < 4.78 is 0. The first-order chi connectivity index (χ1) is 32.4. The van der Waals surface area contributed by atoms with Crippen LogP contribution in [-0.4, -0.2) is 11.6 Å². The minimum Gasteiger partial charge on any atom is -0.289 e. The molecule has 10 aromatic rings. The van der Waals surface area contributed by atoms with Crippen LogP contribution in [0.25, 0.3) is 55.3 Å². The Kier molecular flexibility index (Phi) is 7.43. The third kappa shape index (κ3) is 4.46. The van der Waals surface area contributed by atoms with E-state index in [1.54, 1.807) is 0 Å². The van der Waals surface area contributed by atoms with Gasteiger partial charge in [0.05, 0.1) is 10.8 Å². The van der Waals surface area contributed by atoms with Crippen LogP contribution in [0.5, 0.6) is 0 Å². The van der Waals surface area contributed by atoms with Crippen molar-refractivity contribution in [2.24, 2.45) is 0 Å². The first kappa shape index (κ1) is 37.2. The minimum absolute atomic E-state index is 0.00349. The molecule has 10 aromatic carbocycles. The maximum absolute atomic E-state index is 14.7. The zero-order valence-corrected chi connectivity index (χ0v) is 36.4. The molecule has 308 valence electrons. The molecule has 4 aliphatic rings. The van der Waals surface area contributed by atoms with Crippen molar-refractivity contribution in [2.75, 3.05) is 0 Å². The zero-order chi connectivity index (χ0) is 44.1. The number of aryl methyl sites for hydroxylation is 2. The lowest BCUT2D eigenvalue weighted by Crippen LogP contribution is -2.33. The van der Waals surface area contributed by atoms with E-state index < -0.39 is 10.8 Å². The van der Waals surface area contributed by atoms with E-state index in [2.05, 4.69) is 159 Å². The Bertz CT molecular complexity index is 3470. The average Bonchev–Trinajstić information content (AvgIpc) is 4.05. The number of ketones is 2. The van der Waals surface area contributed by atoms with Crippen molar-refractivity contribution in [3.05, 3.63) is 284 Å². The van der Waals surface area contributed by atoms with Gasteiger partial charge in [0.2, 0.25) is 0 Å². The first-order valence-electron chi connectivity index (χ1n) is 22.9. The van der Waals surface area contributed by atoms with Crippen molar-refractivity contribution in [1.82, 2.24) is 0 Å². The predicted octanol–water partition coefficient (Wildman–Crippen LogP) is 14.6. The van der Waals surface area contributed by atoms with Crippen molar-refractivity contribution in [3.63, 3.8) is 0 Å². The molecule has 0 fully saturated rings. The molecule has 0 saturated carbocycles. The monoisotopic (exact) mass is 840 g/mol. The van der Waals surface area contributed by atoms with E-state index in [1.807, 2.05) is 60.7 Å². The first-order valence-corrected chi connectivity index (χ1v) is 22.9. The van der Waals surface area contributed by atoms with Gasteiger partial charge < -0.3 is 0 Å². The number of carbonyl (C=O) groups is 2. The van der Waals surface area contributed by atoms with Crippen molar-refractivity contribution in [1.29, 1.82) is 0 Å². The number of hydrogen-bond acceptors (Lipinski definition) is 2. The van der Waals surface area contributed by atoms with Crippen LogP contribution in [-0.2, 0) is 10.8 Å². The lowest BCUT2D eigenvalue weighted by Gasteiger charge is -2.38. The summed E-state index contributed by atoms with van der Waals surface area (Å²) in [6.45, 7) is 4.45. The summed E-state index contributed by atoms with van der Waals surface area (Å²) in [5.41, 5.74) is 22.6. The Morgan fingerprint density at radius 1 is 0.303 bits per heavy atom. The van der Waals surface area contributed by atoms with Gasteiger partial charge in [0.25, 0.3) is 0 Å². The number of fused-ring (bicyclic) bond motifs is 24. The molecule has 0 saturated heterocycles. The molecular weight excluding hydrogens is 801 g/mol. The van der Waals surface area contributed by atoms with Crippen molar-refractivity contribution < 1.29 is 9.59 Å². The number of hydrogen-bond donors (Lipinski definition) is 0. The van der Waals surface area contributed by atoms with E-state index >= 15 is 0 Å². The zero-order valence-electron chi connectivity index (χ0n) is 36.4. The van der Waals surface area contributed by atoms with Gasteiger partial charge >= 0.3 is 0 Å². The van der Waals surface area contributed by atoms with Gasteiger partial charge in [-0.15, -0.1) is 0 Å². The number of rotatable bonds is 4. The summed E-state index contributed by atoms with van der Waals surface area (Å²) in [7, 11) is 0. The van der Waals surface area contributed by atoms with Gasteiger partial charge in [-0.3, -0.25) is 9.59 Å². The second-order valence-electron chi connectivity index (χ2n) is 18.6. The molecule has 0 aliphatic heterocycles. The van der Waals surface area contributed by atoms with Crippen LogP contribution in [0, 0.1) is 13.8 Å². The average molecular weight is 841 g/mol. The van der Waals surface area contributed by atoms with Crippen LogP contribution in [0.3, 0.4) is 0 Å². The molecule has 0 unspecified atom stereocenters. The van der Waals surface area contributed by atoms with Crippen LogP contribution < -0.4 is 0 Å². The number of benzene rings is 10. The van der Waals surface area contributed by atoms with E-state index in [0.29, 0.717) is 22.3 Å². The molecule has 0 aromatic heterocycles. The normalized spacial score (nSPS) is 14.3. The summed E-state index contributed by atoms with van der Waals surface area (Å²) in [5, 5.41) is 2.39. The molecule has 0 heterocycles. The highest BCUT2D eigenvalue weighted by Crippen LogP contribution is 2.72. The summed E-state index contributed by atoms with van der Waals surface area (Å²) in [6.07, 6.45) is 0. The fourth-order valence-electron chi connectivity index (χ4n) is 12.9. The second-order valence-corrected chi connectivity index (χ2v) is 18.6. The van der Waals surface area contributed by atoms with E-state index in [-0.39, 0.29) is 11.6 Å². The van der Waals surface area contributed by atoms with Gasteiger partial charge in [0.15, 0.2) is 11.6 Å². The molecule has 0 radical (unpaired) electrons. The number of carbonyl (C=O) groups excluding carboxylic acids is 2. The smallest absolute Gasteiger partial charge is 0.193 e. The van der Waals surface area contributed by atoms with Crippen LogP contribution >= 0.6 is 0 Å². The third-order valence-electron chi connectivity index (χ3n) is 15.6. The quantitative estimate of drug-likeness (QED) is 0.165. The molecular formula is C64H40O2. The van der Waals surface area contributed by atoms with E-state index in [4.69, 9.17) is 0 Å². The lowest BCUT2D eigenvalue weighted by atomic mass is 9.62.